The van der Waals surface area contributed by atoms with Crippen LogP contribution in [0, 0.1) is 18.6 Å². The molecule has 1 amide bonds. The zero-order valence-corrected chi connectivity index (χ0v) is 19.5. The summed E-state index contributed by atoms with van der Waals surface area (Å²) >= 11 is 0. The Morgan fingerprint density at radius 2 is 1.88 bits per heavy atom. The van der Waals surface area contributed by atoms with Crippen LogP contribution in [-0.2, 0) is 9.53 Å². The minimum absolute atomic E-state index is 0.0367. The second kappa shape index (κ2) is 9.02. The third kappa shape index (κ3) is 4.87. The number of aliphatic hydroxyl groups is 1. The van der Waals surface area contributed by atoms with Gasteiger partial charge in [-0.1, -0.05) is 18.2 Å². The van der Waals surface area contributed by atoms with Gasteiger partial charge in [0.15, 0.2) is 5.76 Å². The number of imidazole rings is 1. The fourth-order valence-electron chi connectivity index (χ4n) is 4.22. The summed E-state index contributed by atoms with van der Waals surface area (Å²) in [6.07, 6.45) is 3.83. The number of benzene rings is 2. The Bertz CT molecular complexity index is 1230. The Morgan fingerprint density at radius 3 is 2.47 bits per heavy atom. The minimum Gasteiger partial charge on any atom is -0.480 e. The molecule has 1 aliphatic heterocycles. The monoisotopic (exact) mass is 467 g/mol. The number of amides is 1. The third-order valence-corrected chi connectivity index (χ3v) is 5.67. The van der Waals surface area contributed by atoms with E-state index in [0.29, 0.717) is 16.8 Å². The topological polar surface area (TPSA) is 67.6 Å². The Balaban J connectivity index is 1.68. The summed E-state index contributed by atoms with van der Waals surface area (Å²) in [5.74, 6) is -1.28. The van der Waals surface area contributed by atoms with Crippen molar-refractivity contribution in [1.29, 1.82) is 0 Å². The number of nitrogens with zero attached hydrogens (tertiary/aromatic N) is 3. The first-order chi connectivity index (χ1) is 16.0. The first kappa shape index (κ1) is 23.6. The molecule has 0 saturated carbocycles. The number of rotatable bonds is 5. The lowest BCUT2D eigenvalue weighted by Gasteiger charge is -2.44. The molecular formula is C26H27F2N3O3. The molecule has 0 spiro atoms. The second-order valence-electron chi connectivity index (χ2n) is 9.17. The zero-order valence-electron chi connectivity index (χ0n) is 19.5. The molecule has 1 fully saturated rings. The predicted molar refractivity (Wildman–Crippen MR) is 124 cm³/mol. The van der Waals surface area contributed by atoms with Gasteiger partial charge in [0.1, 0.15) is 17.2 Å². The molecule has 1 aliphatic rings. The molecule has 4 rings (SSSR count). The maximum atomic E-state index is 14.8. The van der Waals surface area contributed by atoms with Gasteiger partial charge in [0.25, 0.3) is 5.91 Å². The lowest BCUT2D eigenvalue weighted by Crippen LogP contribution is -2.53. The van der Waals surface area contributed by atoms with Crippen LogP contribution < -0.4 is 0 Å². The molecule has 6 nitrogen and oxygen atoms in total. The summed E-state index contributed by atoms with van der Waals surface area (Å²) in [6, 6.07) is 9.61. The van der Waals surface area contributed by atoms with E-state index in [0.717, 1.165) is 5.69 Å². The van der Waals surface area contributed by atoms with Gasteiger partial charge < -0.3 is 19.3 Å². The van der Waals surface area contributed by atoms with Gasteiger partial charge in [-0.3, -0.25) is 4.79 Å². The molecule has 0 radical (unpaired) electrons. The van der Waals surface area contributed by atoms with Gasteiger partial charge in [-0.2, -0.15) is 0 Å². The standard InChI is InChI=1S/C26H27F2N3O3/c1-16-13-30(15-29-16)22-10-5-18(11-21(22)28)12-23-25(33)31(14-26(3,4)34-23)24(17(2)32)19-6-8-20(27)9-7-19/h5-13,15,17,24,32H,14H2,1-4H3/b23-12-/t17-,24+/m1/s1. The van der Waals surface area contributed by atoms with Crippen molar-refractivity contribution in [2.24, 2.45) is 0 Å². The summed E-state index contributed by atoms with van der Waals surface area (Å²) in [6.45, 7) is 7.27. The second-order valence-corrected chi connectivity index (χ2v) is 9.17. The van der Waals surface area contributed by atoms with E-state index in [1.54, 1.807) is 42.0 Å². The van der Waals surface area contributed by atoms with Gasteiger partial charge in [0, 0.05) is 6.20 Å². The third-order valence-electron chi connectivity index (χ3n) is 5.67. The van der Waals surface area contributed by atoms with Gasteiger partial charge >= 0.3 is 0 Å². The van der Waals surface area contributed by atoms with Crippen LogP contribution in [0.15, 0.2) is 60.7 Å². The van der Waals surface area contributed by atoms with Crippen molar-refractivity contribution in [3.63, 3.8) is 0 Å². The Morgan fingerprint density at radius 1 is 1.18 bits per heavy atom. The number of hydrogen-bond acceptors (Lipinski definition) is 4. The molecule has 34 heavy (non-hydrogen) atoms. The summed E-state index contributed by atoms with van der Waals surface area (Å²) in [5.41, 5.74) is 1.40. The number of morpholine rings is 1. The average Bonchev–Trinajstić information content (AvgIpc) is 3.18. The predicted octanol–water partition coefficient (Wildman–Crippen LogP) is 4.56. The van der Waals surface area contributed by atoms with Crippen LogP contribution in [0.3, 0.4) is 0 Å². The molecule has 1 aromatic heterocycles. The van der Waals surface area contributed by atoms with E-state index in [4.69, 9.17) is 4.74 Å². The van der Waals surface area contributed by atoms with Crippen LogP contribution in [0.2, 0.25) is 0 Å². The molecule has 178 valence electrons. The van der Waals surface area contributed by atoms with Gasteiger partial charge in [0.05, 0.1) is 36.4 Å². The molecule has 3 aromatic rings. The van der Waals surface area contributed by atoms with Crippen LogP contribution in [0.25, 0.3) is 11.8 Å². The van der Waals surface area contributed by atoms with Crippen LogP contribution in [0.4, 0.5) is 8.78 Å². The first-order valence-electron chi connectivity index (χ1n) is 11.0. The van der Waals surface area contributed by atoms with Crippen molar-refractivity contribution in [1.82, 2.24) is 14.5 Å². The molecular weight excluding hydrogens is 440 g/mol. The van der Waals surface area contributed by atoms with Crippen molar-refractivity contribution >= 4 is 12.0 Å². The SMILES string of the molecule is Cc1cn(-c2ccc(/C=C3\OC(C)(C)CN([C@H](c4ccc(F)cc4)[C@@H](C)O)C3=O)cc2F)cn1. The van der Waals surface area contributed by atoms with Crippen LogP contribution in [0.5, 0.6) is 0 Å². The maximum absolute atomic E-state index is 14.8. The lowest BCUT2D eigenvalue weighted by molar-refractivity contribution is -0.153. The normalized spacial score (nSPS) is 18.6. The van der Waals surface area contributed by atoms with E-state index in [9.17, 15) is 18.7 Å². The number of carbonyl (C=O) groups is 1. The number of aromatic nitrogens is 2. The fourth-order valence-corrected chi connectivity index (χ4v) is 4.22. The highest BCUT2D eigenvalue weighted by atomic mass is 19.1. The maximum Gasteiger partial charge on any atom is 0.289 e. The Labute approximate surface area is 197 Å². The summed E-state index contributed by atoms with van der Waals surface area (Å²) in [5, 5.41) is 10.5. The van der Waals surface area contributed by atoms with Crippen LogP contribution in [-0.4, -0.2) is 43.7 Å². The number of hydrogen-bond donors (Lipinski definition) is 1. The Hall–Kier alpha value is -3.52. The zero-order chi connectivity index (χ0) is 24.6. The molecule has 0 bridgehead atoms. The van der Waals surface area contributed by atoms with E-state index in [-0.39, 0.29) is 12.3 Å². The van der Waals surface area contributed by atoms with Crippen LogP contribution in [0.1, 0.15) is 43.6 Å². The van der Waals surface area contributed by atoms with E-state index >= 15 is 0 Å². The van der Waals surface area contributed by atoms with E-state index in [1.165, 1.54) is 35.5 Å². The molecule has 0 aliphatic carbocycles. The highest BCUT2D eigenvalue weighted by Crippen LogP contribution is 2.34. The quantitative estimate of drug-likeness (QED) is 0.559. The molecule has 8 heteroatoms. The van der Waals surface area contributed by atoms with Gasteiger partial charge in [-0.05, 0) is 69.2 Å². The van der Waals surface area contributed by atoms with Crippen molar-refractivity contribution in [2.45, 2.75) is 45.4 Å². The van der Waals surface area contributed by atoms with Crippen LogP contribution >= 0.6 is 0 Å². The highest BCUT2D eigenvalue weighted by molar-refractivity contribution is 5.97. The summed E-state index contributed by atoms with van der Waals surface area (Å²) in [4.78, 5) is 19.1. The number of halogens is 2. The minimum atomic E-state index is -0.917. The van der Waals surface area contributed by atoms with Crippen molar-refractivity contribution in [3.8, 4) is 5.69 Å². The number of aryl methyl sites for hydroxylation is 1. The van der Waals surface area contributed by atoms with E-state index in [2.05, 4.69) is 4.98 Å². The summed E-state index contributed by atoms with van der Waals surface area (Å²) < 4.78 is 35.8. The Kier molecular flexibility index (Phi) is 6.27. The fraction of sp³-hybridized carbons (Fsp3) is 0.308. The molecule has 2 heterocycles. The molecule has 1 N–H and O–H groups in total. The molecule has 1 saturated heterocycles. The van der Waals surface area contributed by atoms with Gasteiger partial charge in [0.2, 0.25) is 0 Å². The highest BCUT2D eigenvalue weighted by Gasteiger charge is 2.41. The average molecular weight is 468 g/mol. The summed E-state index contributed by atoms with van der Waals surface area (Å²) in [7, 11) is 0. The van der Waals surface area contributed by atoms with E-state index < -0.39 is 35.3 Å². The molecule has 2 atom stereocenters. The number of ether oxygens (including phenoxy) is 1. The smallest absolute Gasteiger partial charge is 0.289 e. The molecule has 0 unspecified atom stereocenters. The largest absolute Gasteiger partial charge is 0.480 e. The van der Waals surface area contributed by atoms with Crippen molar-refractivity contribution in [2.75, 3.05) is 6.54 Å². The van der Waals surface area contributed by atoms with Gasteiger partial charge in [-0.25, -0.2) is 13.8 Å². The first-order valence-corrected chi connectivity index (χ1v) is 11.0. The van der Waals surface area contributed by atoms with Crippen molar-refractivity contribution < 1.29 is 23.4 Å². The number of aliphatic hydroxyl groups excluding tert-OH is 1. The van der Waals surface area contributed by atoms with Gasteiger partial charge in [-0.15, -0.1) is 0 Å². The molecule has 2 aromatic carbocycles. The number of carbonyl (C=O) groups excluding carboxylic acids is 1. The lowest BCUT2D eigenvalue weighted by atomic mass is 9.96. The van der Waals surface area contributed by atoms with Crippen molar-refractivity contribution in [3.05, 3.63) is 89.2 Å². The van der Waals surface area contributed by atoms with E-state index in [1.807, 2.05) is 20.8 Å².